The summed E-state index contributed by atoms with van der Waals surface area (Å²) in [5, 5.41) is 14.3. The Labute approximate surface area is 123 Å². The van der Waals surface area contributed by atoms with Crippen molar-refractivity contribution in [3.63, 3.8) is 0 Å². The highest BCUT2D eigenvalue weighted by molar-refractivity contribution is 7.09. The number of benzene rings is 1. The van der Waals surface area contributed by atoms with Crippen LogP contribution in [0.25, 0.3) is 0 Å². The Morgan fingerprint density at radius 1 is 1.33 bits per heavy atom. The maximum Gasteiger partial charge on any atom is 0.335 e. The van der Waals surface area contributed by atoms with Crippen LogP contribution in [-0.4, -0.2) is 33.6 Å². The SMILES string of the molecule is COc1ccc(C(=O)O)cc1NC(=O)Nc1nc(C)ns1. The highest BCUT2D eigenvalue weighted by atomic mass is 32.1. The van der Waals surface area contributed by atoms with Crippen LogP contribution in [-0.2, 0) is 0 Å². The number of carbonyl (C=O) groups is 2. The highest BCUT2D eigenvalue weighted by Gasteiger charge is 2.12. The maximum atomic E-state index is 11.9. The van der Waals surface area contributed by atoms with E-state index in [4.69, 9.17) is 9.84 Å². The van der Waals surface area contributed by atoms with E-state index in [2.05, 4.69) is 20.0 Å². The number of aromatic nitrogens is 2. The third-order valence-corrected chi connectivity index (χ3v) is 3.16. The molecule has 1 aromatic carbocycles. The van der Waals surface area contributed by atoms with Crippen molar-refractivity contribution in [1.29, 1.82) is 0 Å². The van der Waals surface area contributed by atoms with Crippen LogP contribution in [0.5, 0.6) is 5.75 Å². The van der Waals surface area contributed by atoms with Crippen LogP contribution in [0.4, 0.5) is 15.6 Å². The van der Waals surface area contributed by atoms with Crippen LogP contribution in [0, 0.1) is 6.92 Å². The molecular formula is C12H12N4O4S. The van der Waals surface area contributed by atoms with Crippen LogP contribution >= 0.6 is 11.5 Å². The fraction of sp³-hybridized carbons (Fsp3) is 0.167. The van der Waals surface area contributed by atoms with Gasteiger partial charge >= 0.3 is 12.0 Å². The van der Waals surface area contributed by atoms with E-state index in [0.29, 0.717) is 16.7 Å². The first-order valence-corrected chi connectivity index (χ1v) is 6.56. The lowest BCUT2D eigenvalue weighted by molar-refractivity contribution is 0.0697. The van der Waals surface area contributed by atoms with E-state index in [1.165, 1.54) is 25.3 Å². The molecule has 3 N–H and O–H groups in total. The molecule has 0 saturated carbocycles. The average molecular weight is 308 g/mol. The van der Waals surface area contributed by atoms with E-state index in [1.807, 2.05) is 0 Å². The summed E-state index contributed by atoms with van der Waals surface area (Å²) in [6.45, 7) is 1.71. The second kappa shape index (κ2) is 6.18. The molecule has 0 aliphatic carbocycles. The van der Waals surface area contributed by atoms with Crippen molar-refractivity contribution < 1.29 is 19.4 Å². The lowest BCUT2D eigenvalue weighted by Gasteiger charge is -2.10. The lowest BCUT2D eigenvalue weighted by atomic mass is 10.2. The Balaban J connectivity index is 2.15. The molecule has 0 bridgehead atoms. The van der Waals surface area contributed by atoms with Gasteiger partial charge in [-0.05, 0) is 25.1 Å². The zero-order valence-corrected chi connectivity index (χ0v) is 12.0. The number of anilines is 2. The summed E-state index contributed by atoms with van der Waals surface area (Å²) in [7, 11) is 1.42. The van der Waals surface area contributed by atoms with Crippen LogP contribution in [0.1, 0.15) is 16.2 Å². The van der Waals surface area contributed by atoms with E-state index in [9.17, 15) is 9.59 Å². The Bertz CT molecular complexity index is 686. The van der Waals surface area contributed by atoms with Crippen LogP contribution in [0.3, 0.4) is 0 Å². The zero-order valence-electron chi connectivity index (χ0n) is 11.2. The molecule has 0 unspecified atom stereocenters. The molecule has 110 valence electrons. The second-order valence-electron chi connectivity index (χ2n) is 3.95. The fourth-order valence-corrected chi connectivity index (χ4v) is 2.11. The van der Waals surface area contributed by atoms with Gasteiger partial charge in [-0.25, -0.2) is 14.6 Å². The molecule has 1 aromatic heterocycles. The number of rotatable bonds is 4. The summed E-state index contributed by atoms with van der Waals surface area (Å²) in [4.78, 5) is 26.8. The molecule has 2 rings (SSSR count). The van der Waals surface area contributed by atoms with Gasteiger partial charge in [-0.1, -0.05) is 0 Å². The van der Waals surface area contributed by atoms with E-state index in [0.717, 1.165) is 11.5 Å². The smallest absolute Gasteiger partial charge is 0.335 e. The fourth-order valence-electron chi connectivity index (χ4n) is 1.54. The monoisotopic (exact) mass is 308 g/mol. The number of amides is 2. The number of nitrogens with zero attached hydrogens (tertiary/aromatic N) is 2. The topological polar surface area (TPSA) is 113 Å². The summed E-state index contributed by atoms with van der Waals surface area (Å²) in [5.41, 5.74) is 0.286. The number of carboxylic acid groups (broad SMARTS) is 1. The van der Waals surface area contributed by atoms with Crippen molar-refractivity contribution >= 4 is 34.4 Å². The number of hydrogen-bond acceptors (Lipinski definition) is 6. The van der Waals surface area contributed by atoms with Gasteiger partial charge in [0.1, 0.15) is 11.6 Å². The molecule has 0 aliphatic rings. The Hall–Kier alpha value is -2.68. The highest BCUT2D eigenvalue weighted by Crippen LogP contribution is 2.25. The van der Waals surface area contributed by atoms with Gasteiger partial charge in [0.2, 0.25) is 5.13 Å². The Morgan fingerprint density at radius 2 is 2.10 bits per heavy atom. The van der Waals surface area contributed by atoms with Gasteiger partial charge in [0.25, 0.3) is 0 Å². The van der Waals surface area contributed by atoms with Gasteiger partial charge in [-0.2, -0.15) is 4.37 Å². The molecule has 21 heavy (non-hydrogen) atoms. The van der Waals surface area contributed by atoms with Gasteiger partial charge in [0, 0.05) is 11.5 Å². The van der Waals surface area contributed by atoms with Crippen molar-refractivity contribution in [3.05, 3.63) is 29.6 Å². The van der Waals surface area contributed by atoms with E-state index < -0.39 is 12.0 Å². The molecule has 8 nitrogen and oxygen atoms in total. The van der Waals surface area contributed by atoms with Crippen LogP contribution in [0.15, 0.2) is 18.2 Å². The summed E-state index contributed by atoms with van der Waals surface area (Å²) < 4.78 is 9.01. The number of urea groups is 1. The minimum absolute atomic E-state index is 0.0397. The van der Waals surface area contributed by atoms with Crippen molar-refractivity contribution in [2.45, 2.75) is 6.92 Å². The van der Waals surface area contributed by atoms with Crippen LogP contribution in [0.2, 0.25) is 0 Å². The van der Waals surface area contributed by atoms with Gasteiger partial charge in [-0.15, -0.1) is 0 Å². The van der Waals surface area contributed by atoms with Gasteiger partial charge in [0.15, 0.2) is 0 Å². The standard InChI is InChI=1S/C12H12N4O4S/c1-6-13-12(21-16-6)15-11(19)14-8-5-7(10(17)18)3-4-9(8)20-2/h3-5H,1-2H3,(H,17,18)(H2,13,14,15,16,19). The molecule has 0 fully saturated rings. The zero-order chi connectivity index (χ0) is 15.4. The van der Waals surface area contributed by atoms with E-state index in [-0.39, 0.29) is 11.3 Å². The first-order chi connectivity index (χ1) is 9.99. The summed E-state index contributed by atoms with van der Waals surface area (Å²) >= 11 is 1.05. The van der Waals surface area contributed by atoms with Gasteiger partial charge in [-0.3, -0.25) is 5.32 Å². The molecule has 2 aromatic rings. The third-order valence-electron chi connectivity index (χ3n) is 2.44. The molecule has 0 radical (unpaired) electrons. The molecule has 0 aliphatic heterocycles. The molecular weight excluding hydrogens is 296 g/mol. The van der Waals surface area contributed by atoms with E-state index >= 15 is 0 Å². The lowest BCUT2D eigenvalue weighted by Crippen LogP contribution is -2.20. The molecule has 9 heteroatoms. The molecule has 1 heterocycles. The molecule has 2 amide bonds. The van der Waals surface area contributed by atoms with Gasteiger partial charge in [0.05, 0.1) is 18.4 Å². The quantitative estimate of drug-likeness (QED) is 0.798. The Morgan fingerprint density at radius 3 is 2.67 bits per heavy atom. The molecule has 0 saturated heterocycles. The number of aromatic carboxylic acids is 1. The number of carboxylic acids is 1. The predicted octanol–water partition coefficient (Wildman–Crippen LogP) is 2.20. The van der Waals surface area contributed by atoms with Crippen molar-refractivity contribution in [3.8, 4) is 5.75 Å². The molecule has 0 spiro atoms. The third kappa shape index (κ3) is 3.66. The number of ether oxygens (including phenoxy) is 1. The minimum atomic E-state index is -1.10. The summed E-state index contributed by atoms with van der Waals surface area (Å²) in [6, 6.07) is 3.60. The first kappa shape index (κ1) is 14.7. The summed E-state index contributed by atoms with van der Waals surface area (Å²) in [6.07, 6.45) is 0. The molecule has 0 atom stereocenters. The van der Waals surface area contributed by atoms with E-state index in [1.54, 1.807) is 6.92 Å². The number of aryl methyl sites for hydroxylation is 1. The average Bonchev–Trinajstić information content (AvgIpc) is 2.83. The van der Waals surface area contributed by atoms with Crippen molar-refractivity contribution in [2.24, 2.45) is 0 Å². The first-order valence-electron chi connectivity index (χ1n) is 5.79. The van der Waals surface area contributed by atoms with Crippen molar-refractivity contribution in [2.75, 3.05) is 17.7 Å². The van der Waals surface area contributed by atoms with Crippen molar-refractivity contribution in [1.82, 2.24) is 9.36 Å². The minimum Gasteiger partial charge on any atom is -0.495 e. The predicted molar refractivity (Wildman–Crippen MR) is 77.2 cm³/mol. The van der Waals surface area contributed by atoms with Crippen LogP contribution < -0.4 is 15.4 Å². The Kier molecular flexibility index (Phi) is 4.33. The number of hydrogen-bond donors (Lipinski definition) is 3. The summed E-state index contributed by atoms with van der Waals surface area (Å²) in [5.74, 6) is -0.190. The normalized spacial score (nSPS) is 10.0. The van der Waals surface area contributed by atoms with Gasteiger partial charge < -0.3 is 15.2 Å². The largest absolute Gasteiger partial charge is 0.495 e. The number of carbonyl (C=O) groups excluding carboxylic acids is 1. The number of nitrogens with one attached hydrogen (secondary N) is 2. The number of methoxy groups -OCH3 is 1. The second-order valence-corrected chi connectivity index (χ2v) is 4.70. The maximum absolute atomic E-state index is 11.9.